The summed E-state index contributed by atoms with van der Waals surface area (Å²) in [5.41, 5.74) is 5.96. The van der Waals surface area contributed by atoms with Gasteiger partial charge in [-0.2, -0.15) is 11.8 Å². The minimum atomic E-state index is -0.379. The molecule has 2 aliphatic rings. The van der Waals surface area contributed by atoms with Crippen molar-refractivity contribution >= 4 is 17.7 Å². The van der Waals surface area contributed by atoms with Gasteiger partial charge in [-0.15, -0.1) is 0 Å². The first kappa shape index (κ1) is 15.1. The second-order valence-electron chi connectivity index (χ2n) is 5.13. The third kappa shape index (κ3) is 4.08. The first-order valence-electron chi connectivity index (χ1n) is 6.99. The van der Waals surface area contributed by atoms with E-state index in [-0.39, 0.29) is 24.2 Å². The van der Waals surface area contributed by atoms with E-state index in [9.17, 15) is 4.79 Å². The summed E-state index contributed by atoms with van der Waals surface area (Å²) < 4.78 is 11.4. The lowest BCUT2D eigenvalue weighted by molar-refractivity contribution is -0.146. The molecule has 0 aromatic carbocycles. The van der Waals surface area contributed by atoms with Crippen LogP contribution in [0.5, 0.6) is 0 Å². The topological polar surface area (TPSA) is 64.8 Å². The number of carbonyl (C=O) groups excluding carboxylic acids is 1. The fraction of sp³-hybridized carbons (Fsp3) is 0.923. The molecular weight excluding hydrogens is 264 g/mol. The van der Waals surface area contributed by atoms with Crippen LogP contribution in [0.25, 0.3) is 0 Å². The summed E-state index contributed by atoms with van der Waals surface area (Å²) in [5.74, 6) is 0.979. The minimum absolute atomic E-state index is 0.0213. The Morgan fingerprint density at radius 1 is 1.42 bits per heavy atom. The highest BCUT2D eigenvalue weighted by Crippen LogP contribution is 2.21. The molecule has 19 heavy (non-hydrogen) atoms. The predicted molar refractivity (Wildman–Crippen MR) is 76.3 cm³/mol. The van der Waals surface area contributed by atoms with Crippen LogP contribution in [0.3, 0.4) is 0 Å². The molecule has 0 saturated carbocycles. The van der Waals surface area contributed by atoms with Crippen LogP contribution in [0.2, 0.25) is 0 Å². The Labute approximate surface area is 119 Å². The van der Waals surface area contributed by atoms with Gasteiger partial charge < -0.3 is 20.1 Å². The van der Waals surface area contributed by atoms with Gasteiger partial charge in [0.2, 0.25) is 5.91 Å². The van der Waals surface area contributed by atoms with Gasteiger partial charge in [-0.1, -0.05) is 0 Å². The molecule has 0 aromatic heterocycles. The van der Waals surface area contributed by atoms with Crippen molar-refractivity contribution in [2.45, 2.75) is 37.5 Å². The van der Waals surface area contributed by atoms with E-state index in [1.165, 1.54) is 0 Å². The van der Waals surface area contributed by atoms with Crippen molar-refractivity contribution in [1.82, 2.24) is 4.90 Å². The van der Waals surface area contributed by atoms with Crippen molar-refractivity contribution in [2.75, 3.05) is 38.3 Å². The number of carbonyl (C=O) groups is 1. The van der Waals surface area contributed by atoms with Gasteiger partial charge in [0, 0.05) is 19.7 Å². The highest BCUT2D eigenvalue weighted by molar-refractivity contribution is 7.98. The third-order valence-corrected chi connectivity index (χ3v) is 4.38. The van der Waals surface area contributed by atoms with E-state index in [1.807, 2.05) is 11.2 Å². The van der Waals surface area contributed by atoms with Crippen LogP contribution in [-0.2, 0) is 14.3 Å². The van der Waals surface area contributed by atoms with Crippen LogP contribution in [-0.4, -0.2) is 67.4 Å². The van der Waals surface area contributed by atoms with Gasteiger partial charge >= 0.3 is 0 Å². The fourth-order valence-corrected chi connectivity index (χ4v) is 3.09. The first-order valence-corrected chi connectivity index (χ1v) is 8.38. The largest absolute Gasteiger partial charge is 0.375 e. The van der Waals surface area contributed by atoms with Crippen molar-refractivity contribution in [3.63, 3.8) is 0 Å². The summed E-state index contributed by atoms with van der Waals surface area (Å²) in [4.78, 5) is 14.1. The molecule has 2 saturated heterocycles. The number of nitrogens with two attached hydrogens (primary N) is 1. The standard InChI is InChI=1S/C13H24N2O3S/c1-19-8-4-10(14)13(16)15-5-7-18-12(9-15)11-3-2-6-17-11/h10-12H,2-9,14H2,1H3. The zero-order valence-corrected chi connectivity index (χ0v) is 12.4. The van der Waals surface area contributed by atoms with Crippen molar-refractivity contribution in [2.24, 2.45) is 5.73 Å². The minimum Gasteiger partial charge on any atom is -0.375 e. The van der Waals surface area contributed by atoms with Crippen LogP contribution >= 0.6 is 11.8 Å². The van der Waals surface area contributed by atoms with Gasteiger partial charge in [0.15, 0.2) is 0 Å². The molecule has 2 fully saturated rings. The molecule has 3 unspecified atom stereocenters. The summed E-state index contributed by atoms with van der Waals surface area (Å²) in [5, 5.41) is 0. The van der Waals surface area contributed by atoms with Crippen molar-refractivity contribution in [3.05, 3.63) is 0 Å². The molecule has 0 bridgehead atoms. The SMILES string of the molecule is CSCCC(N)C(=O)N1CCOC(C2CCCO2)C1. The number of nitrogens with zero attached hydrogens (tertiary/aromatic N) is 1. The molecule has 3 atom stereocenters. The van der Waals surface area contributed by atoms with Gasteiger partial charge in [0.05, 0.1) is 18.8 Å². The zero-order valence-electron chi connectivity index (χ0n) is 11.5. The first-order chi connectivity index (χ1) is 9.22. The maximum absolute atomic E-state index is 12.3. The summed E-state index contributed by atoms with van der Waals surface area (Å²) in [6.07, 6.45) is 5.06. The predicted octanol–water partition coefficient (Wildman–Crippen LogP) is 0.473. The van der Waals surface area contributed by atoms with Gasteiger partial charge in [-0.05, 0) is 31.3 Å². The Balaban J connectivity index is 1.83. The van der Waals surface area contributed by atoms with E-state index in [2.05, 4.69) is 0 Å². The summed E-state index contributed by atoms with van der Waals surface area (Å²) in [6.45, 7) is 2.67. The highest BCUT2D eigenvalue weighted by atomic mass is 32.2. The maximum Gasteiger partial charge on any atom is 0.239 e. The Morgan fingerprint density at radius 3 is 2.89 bits per heavy atom. The van der Waals surface area contributed by atoms with Crippen molar-refractivity contribution in [1.29, 1.82) is 0 Å². The molecule has 1 amide bonds. The van der Waals surface area contributed by atoms with Gasteiger partial charge in [-0.3, -0.25) is 4.79 Å². The van der Waals surface area contributed by atoms with Crippen molar-refractivity contribution < 1.29 is 14.3 Å². The highest BCUT2D eigenvalue weighted by Gasteiger charge is 2.33. The van der Waals surface area contributed by atoms with Gasteiger partial charge in [-0.25, -0.2) is 0 Å². The molecule has 2 N–H and O–H groups in total. The maximum atomic E-state index is 12.3. The molecule has 5 nitrogen and oxygen atoms in total. The van der Waals surface area contributed by atoms with Gasteiger partial charge in [0.1, 0.15) is 6.10 Å². The normalized spacial score (nSPS) is 29.5. The number of ether oxygens (including phenoxy) is 2. The van der Waals surface area contributed by atoms with E-state index in [0.29, 0.717) is 19.7 Å². The average Bonchev–Trinajstić information content (AvgIpc) is 2.98. The Hall–Kier alpha value is -0.300. The molecule has 0 spiro atoms. The number of rotatable bonds is 5. The van der Waals surface area contributed by atoms with E-state index in [4.69, 9.17) is 15.2 Å². The number of amides is 1. The summed E-state index contributed by atoms with van der Waals surface area (Å²) in [6, 6.07) is -0.379. The Morgan fingerprint density at radius 2 is 2.21 bits per heavy atom. The second kappa shape index (κ2) is 7.47. The zero-order chi connectivity index (χ0) is 13.7. The van der Waals surface area contributed by atoms with E-state index < -0.39 is 0 Å². The average molecular weight is 288 g/mol. The lowest BCUT2D eigenvalue weighted by Crippen LogP contribution is -2.54. The number of morpholine rings is 1. The summed E-state index contributed by atoms with van der Waals surface area (Å²) >= 11 is 1.72. The fourth-order valence-electron chi connectivity index (χ4n) is 2.60. The smallest absolute Gasteiger partial charge is 0.239 e. The van der Waals surface area contributed by atoms with Gasteiger partial charge in [0.25, 0.3) is 0 Å². The second-order valence-corrected chi connectivity index (χ2v) is 6.12. The molecule has 2 aliphatic heterocycles. The summed E-state index contributed by atoms with van der Waals surface area (Å²) in [7, 11) is 0. The van der Waals surface area contributed by atoms with E-state index in [1.54, 1.807) is 11.8 Å². The quantitative estimate of drug-likeness (QED) is 0.797. The number of hydrogen-bond acceptors (Lipinski definition) is 5. The molecule has 110 valence electrons. The van der Waals surface area contributed by atoms with Crippen LogP contribution in [0, 0.1) is 0 Å². The lowest BCUT2D eigenvalue weighted by Gasteiger charge is -2.36. The molecule has 0 radical (unpaired) electrons. The van der Waals surface area contributed by atoms with Crippen LogP contribution in [0.4, 0.5) is 0 Å². The molecule has 0 aliphatic carbocycles. The van der Waals surface area contributed by atoms with Crippen LogP contribution in [0.1, 0.15) is 19.3 Å². The van der Waals surface area contributed by atoms with E-state index in [0.717, 1.165) is 31.6 Å². The molecule has 0 aromatic rings. The number of thioether (sulfide) groups is 1. The molecule has 6 heteroatoms. The number of hydrogen-bond donors (Lipinski definition) is 1. The third-order valence-electron chi connectivity index (χ3n) is 3.73. The monoisotopic (exact) mass is 288 g/mol. The molecular formula is C13H24N2O3S. The van der Waals surface area contributed by atoms with Crippen LogP contribution in [0.15, 0.2) is 0 Å². The Bertz CT molecular complexity index is 298. The lowest BCUT2D eigenvalue weighted by atomic mass is 10.1. The molecule has 2 rings (SSSR count). The Kier molecular flexibility index (Phi) is 5.94. The van der Waals surface area contributed by atoms with E-state index >= 15 is 0 Å². The molecule has 2 heterocycles. The van der Waals surface area contributed by atoms with Crippen molar-refractivity contribution in [3.8, 4) is 0 Å². The van der Waals surface area contributed by atoms with Crippen LogP contribution < -0.4 is 5.73 Å².